The van der Waals surface area contributed by atoms with Crippen LogP contribution >= 0.6 is 0 Å². The monoisotopic (exact) mass is 467 g/mol. The van der Waals surface area contributed by atoms with Gasteiger partial charge >= 0.3 is 0 Å². The van der Waals surface area contributed by atoms with Crippen molar-refractivity contribution in [2.24, 2.45) is 5.92 Å². The number of nitriles is 1. The molecule has 0 bridgehead atoms. The zero-order valence-electron chi connectivity index (χ0n) is 19.6. The Kier molecular flexibility index (Phi) is 6.83. The van der Waals surface area contributed by atoms with Crippen LogP contribution in [0.3, 0.4) is 0 Å². The van der Waals surface area contributed by atoms with Crippen LogP contribution in [0.2, 0.25) is 25.7 Å². The van der Waals surface area contributed by atoms with Crippen LogP contribution in [0.5, 0.6) is 0 Å². The van der Waals surface area contributed by atoms with Crippen LogP contribution in [0.15, 0.2) is 24.8 Å². The van der Waals surface area contributed by atoms with Gasteiger partial charge in [-0.3, -0.25) is 4.68 Å². The van der Waals surface area contributed by atoms with Gasteiger partial charge in [-0.2, -0.15) is 10.4 Å². The highest BCUT2D eigenvalue weighted by Gasteiger charge is 2.34. The molecule has 3 N–H and O–H groups in total. The molecule has 3 unspecified atom stereocenters. The van der Waals surface area contributed by atoms with Crippen molar-refractivity contribution in [1.82, 2.24) is 24.3 Å². The third-order valence-electron chi connectivity index (χ3n) is 6.46. The van der Waals surface area contributed by atoms with Crippen LogP contribution < -0.4 is 5.73 Å². The minimum absolute atomic E-state index is 0.00314. The maximum atomic E-state index is 10.4. The van der Waals surface area contributed by atoms with E-state index in [9.17, 15) is 10.4 Å². The van der Waals surface area contributed by atoms with Crippen molar-refractivity contribution in [3.63, 3.8) is 0 Å². The molecule has 3 atom stereocenters. The van der Waals surface area contributed by atoms with E-state index in [4.69, 9.17) is 10.5 Å². The smallest absolute Gasteiger partial charge is 0.154 e. The number of aliphatic hydroxyl groups excluding tert-OH is 1. The van der Waals surface area contributed by atoms with E-state index in [0.717, 1.165) is 42.9 Å². The molecule has 1 fully saturated rings. The number of nitrogens with zero attached hydrogens (tertiary/aromatic N) is 6. The molecule has 9 nitrogen and oxygen atoms in total. The van der Waals surface area contributed by atoms with E-state index >= 15 is 0 Å². The summed E-state index contributed by atoms with van der Waals surface area (Å²) in [5, 5.41) is 25.2. The van der Waals surface area contributed by atoms with Crippen molar-refractivity contribution >= 4 is 24.9 Å². The van der Waals surface area contributed by atoms with Crippen molar-refractivity contribution in [1.29, 1.82) is 5.26 Å². The number of hydrogen-bond acceptors (Lipinski definition) is 7. The Bertz CT molecular complexity index is 1140. The minimum Gasteiger partial charge on any atom is -0.393 e. The number of aromatic nitrogens is 5. The lowest BCUT2D eigenvalue weighted by Gasteiger charge is -2.24. The Morgan fingerprint density at radius 2 is 2.15 bits per heavy atom. The largest absolute Gasteiger partial charge is 0.393 e. The van der Waals surface area contributed by atoms with E-state index in [1.165, 1.54) is 6.33 Å². The topological polar surface area (TPSA) is 128 Å². The van der Waals surface area contributed by atoms with Crippen LogP contribution in [0.25, 0.3) is 22.3 Å². The summed E-state index contributed by atoms with van der Waals surface area (Å²) in [6, 6.07) is 5.11. The van der Waals surface area contributed by atoms with E-state index < -0.39 is 14.2 Å². The lowest BCUT2D eigenvalue weighted by atomic mass is 9.94. The summed E-state index contributed by atoms with van der Waals surface area (Å²) < 4.78 is 9.62. The fraction of sp³-hybridized carbons (Fsp3) is 0.565. The van der Waals surface area contributed by atoms with Crippen molar-refractivity contribution in [3.05, 3.63) is 24.8 Å². The van der Waals surface area contributed by atoms with Gasteiger partial charge in [0.1, 0.15) is 18.7 Å². The first-order chi connectivity index (χ1) is 15.8. The Hall–Kier alpha value is -2.74. The normalized spacial score (nSPS) is 19.7. The number of ether oxygens (including phenoxy) is 1. The fourth-order valence-corrected chi connectivity index (χ4v) is 5.33. The first kappa shape index (κ1) is 23.4. The maximum Gasteiger partial charge on any atom is 0.154 e. The van der Waals surface area contributed by atoms with Gasteiger partial charge in [-0.05, 0) is 25.0 Å². The molecule has 10 heteroatoms. The highest BCUT2D eigenvalue weighted by molar-refractivity contribution is 6.76. The summed E-state index contributed by atoms with van der Waals surface area (Å²) in [6.07, 6.45) is 7.77. The second-order valence-electron chi connectivity index (χ2n) is 10.1. The van der Waals surface area contributed by atoms with Crippen molar-refractivity contribution in [3.8, 4) is 17.3 Å². The van der Waals surface area contributed by atoms with Crippen molar-refractivity contribution < 1.29 is 9.84 Å². The number of hydrogen-bond donors (Lipinski definition) is 2. The molecular weight excluding hydrogens is 434 g/mol. The summed E-state index contributed by atoms with van der Waals surface area (Å²) in [4.78, 5) is 8.97. The molecule has 3 heterocycles. The fourth-order valence-electron chi connectivity index (χ4n) is 4.57. The van der Waals surface area contributed by atoms with Crippen molar-refractivity contribution in [2.45, 2.75) is 70.2 Å². The van der Waals surface area contributed by atoms with E-state index in [-0.39, 0.29) is 18.4 Å². The Morgan fingerprint density at radius 3 is 2.85 bits per heavy atom. The molecule has 0 radical (unpaired) electrons. The molecule has 176 valence electrons. The number of nitrogens with two attached hydrogens (primary N) is 1. The van der Waals surface area contributed by atoms with Crippen molar-refractivity contribution in [2.75, 3.05) is 12.3 Å². The first-order valence-electron chi connectivity index (χ1n) is 11.6. The average Bonchev–Trinajstić information content (AvgIpc) is 3.47. The van der Waals surface area contributed by atoms with Crippen LogP contribution in [0.1, 0.15) is 31.7 Å². The molecule has 0 spiro atoms. The molecule has 3 aromatic rings. The molecule has 33 heavy (non-hydrogen) atoms. The zero-order chi connectivity index (χ0) is 23.6. The third-order valence-corrected chi connectivity index (χ3v) is 8.17. The van der Waals surface area contributed by atoms with E-state index in [2.05, 4.69) is 40.8 Å². The summed E-state index contributed by atoms with van der Waals surface area (Å²) in [6.45, 7) is 8.17. The van der Waals surface area contributed by atoms with Gasteiger partial charge in [-0.1, -0.05) is 26.1 Å². The Morgan fingerprint density at radius 1 is 1.33 bits per heavy atom. The van der Waals surface area contributed by atoms with Crippen LogP contribution in [-0.4, -0.2) is 50.2 Å². The van der Waals surface area contributed by atoms with Gasteiger partial charge in [0, 0.05) is 38.4 Å². The van der Waals surface area contributed by atoms with Gasteiger partial charge in [0.2, 0.25) is 0 Å². The predicted octanol–water partition coefficient (Wildman–Crippen LogP) is 3.81. The van der Waals surface area contributed by atoms with E-state index in [0.29, 0.717) is 23.8 Å². The number of nitrogen functional groups attached to an aromatic ring is 1. The molecule has 1 aliphatic rings. The number of fused-ring (bicyclic) bond motifs is 1. The molecule has 0 amide bonds. The van der Waals surface area contributed by atoms with Gasteiger partial charge in [0.05, 0.1) is 35.9 Å². The van der Waals surface area contributed by atoms with Crippen LogP contribution in [-0.2, 0) is 11.5 Å². The van der Waals surface area contributed by atoms with E-state index in [1.807, 2.05) is 23.0 Å². The maximum absolute atomic E-state index is 10.4. The molecule has 0 aliphatic heterocycles. The quantitative estimate of drug-likeness (QED) is 0.362. The second kappa shape index (κ2) is 9.63. The third kappa shape index (κ3) is 5.10. The molecular formula is C23H33N7O2Si. The highest BCUT2D eigenvalue weighted by Crippen LogP contribution is 2.38. The standard InChI is InChI=1S/C23H33N7O2Si/c1-33(2,3)12-11-32-15-29-10-8-17-21(26-14-27-23(17)29)18-13-30(28-22(18)25)19(7-9-24)16-5-4-6-20(16)31/h8,10,13-14,16,19-20,31H,4-7,11-12,15H2,1-3H3,(H2,25,28). The van der Waals surface area contributed by atoms with Gasteiger partial charge in [0.25, 0.3) is 0 Å². The van der Waals surface area contributed by atoms with E-state index in [1.54, 1.807) is 4.68 Å². The summed E-state index contributed by atoms with van der Waals surface area (Å²) in [5.41, 5.74) is 8.49. The predicted molar refractivity (Wildman–Crippen MR) is 130 cm³/mol. The molecule has 1 aliphatic carbocycles. The Balaban J connectivity index is 1.60. The lowest BCUT2D eigenvalue weighted by Crippen LogP contribution is -2.26. The average molecular weight is 468 g/mol. The molecule has 0 saturated heterocycles. The molecule has 4 rings (SSSR count). The second-order valence-corrected chi connectivity index (χ2v) is 15.7. The van der Waals surface area contributed by atoms with Gasteiger partial charge in [-0.15, -0.1) is 0 Å². The highest BCUT2D eigenvalue weighted by atomic mass is 28.3. The van der Waals surface area contributed by atoms with Gasteiger partial charge in [0.15, 0.2) is 5.82 Å². The number of anilines is 1. The van der Waals surface area contributed by atoms with Crippen LogP contribution in [0, 0.1) is 17.2 Å². The lowest BCUT2D eigenvalue weighted by molar-refractivity contribution is 0.0899. The zero-order valence-corrected chi connectivity index (χ0v) is 20.6. The van der Waals surface area contributed by atoms with Gasteiger partial charge < -0.3 is 20.1 Å². The van der Waals surface area contributed by atoms with Gasteiger partial charge in [-0.25, -0.2) is 9.97 Å². The Labute approximate surface area is 195 Å². The first-order valence-corrected chi connectivity index (χ1v) is 15.3. The molecule has 1 saturated carbocycles. The minimum atomic E-state index is -1.14. The summed E-state index contributed by atoms with van der Waals surface area (Å²) in [7, 11) is -1.14. The van der Waals surface area contributed by atoms with Crippen LogP contribution in [0.4, 0.5) is 5.82 Å². The summed E-state index contributed by atoms with van der Waals surface area (Å²) >= 11 is 0. The number of rotatable bonds is 9. The molecule has 3 aromatic heterocycles. The number of aliphatic hydroxyl groups is 1. The molecule has 0 aromatic carbocycles. The summed E-state index contributed by atoms with van der Waals surface area (Å²) in [5.74, 6) is 0.348. The SMILES string of the molecule is C[Si](C)(C)CCOCn1ccc2c(-c3cn(C(CC#N)C4CCCC4O)nc3N)ncnc21.